The Morgan fingerprint density at radius 3 is 2.78 bits per heavy atom. The molecule has 0 bridgehead atoms. The molecule has 1 amide bonds. The third-order valence-electron chi connectivity index (χ3n) is 2.86. The average Bonchev–Trinajstić information content (AvgIpc) is 2.58. The molecule has 6 heteroatoms. The number of nitrogens with two attached hydrogens (primary N) is 1. The van der Waals surface area contributed by atoms with Crippen LogP contribution in [0.4, 0.5) is 14.5 Å². The molecule has 0 radical (unpaired) electrons. The van der Waals surface area contributed by atoms with E-state index in [4.69, 9.17) is 5.73 Å². The number of benzene rings is 1. The van der Waals surface area contributed by atoms with Gasteiger partial charge in [-0.25, -0.2) is 8.78 Å². The highest BCUT2D eigenvalue weighted by Gasteiger charge is 2.34. The average molecular weight is 253 g/mol. The largest absolute Gasteiger partial charge is 0.330 e. The molecule has 0 aromatic heterocycles. The molecule has 2 rings (SSSR count). The van der Waals surface area contributed by atoms with Crippen LogP contribution in [0.3, 0.4) is 0 Å². The molecule has 1 aliphatic rings. The maximum atomic E-state index is 13.6. The monoisotopic (exact) mass is 253 g/mol. The van der Waals surface area contributed by atoms with E-state index < -0.39 is 17.6 Å². The summed E-state index contributed by atoms with van der Waals surface area (Å²) in [5.74, 6) is -2.25. The minimum atomic E-state index is -0.812. The fourth-order valence-corrected chi connectivity index (χ4v) is 1.93. The molecular weight excluding hydrogens is 240 g/mol. The van der Waals surface area contributed by atoms with Gasteiger partial charge in [0.15, 0.2) is 5.82 Å². The quantitative estimate of drug-likeness (QED) is 0.890. The Morgan fingerprint density at radius 2 is 2.17 bits per heavy atom. The van der Waals surface area contributed by atoms with Crippen molar-refractivity contribution in [2.75, 3.05) is 11.6 Å². The summed E-state index contributed by atoms with van der Waals surface area (Å²) < 4.78 is 26.4. The van der Waals surface area contributed by atoms with Crippen LogP contribution in [0, 0.1) is 17.6 Å². The maximum Gasteiger partial charge on any atom is 0.256 e. The number of anilines is 1. The molecule has 0 saturated heterocycles. The molecule has 0 fully saturated rings. The van der Waals surface area contributed by atoms with Crippen molar-refractivity contribution in [2.45, 2.75) is 13.3 Å². The number of nitrogens with zero attached hydrogens (tertiary/aromatic N) is 2. The fourth-order valence-electron chi connectivity index (χ4n) is 1.93. The zero-order chi connectivity index (χ0) is 13.3. The van der Waals surface area contributed by atoms with E-state index in [2.05, 4.69) is 5.10 Å². The van der Waals surface area contributed by atoms with Crippen molar-refractivity contribution in [3.8, 4) is 0 Å². The Bertz CT molecular complexity index is 516. The van der Waals surface area contributed by atoms with Crippen LogP contribution in [-0.4, -0.2) is 18.2 Å². The lowest BCUT2D eigenvalue weighted by molar-refractivity contribution is -0.119. The van der Waals surface area contributed by atoms with Crippen LogP contribution < -0.4 is 10.7 Å². The van der Waals surface area contributed by atoms with Gasteiger partial charge in [-0.05, 0) is 32.0 Å². The summed E-state index contributed by atoms with van der Waals surface area (Å²) in [6.07, 6.45) is 0.466. The van der Waals surface area contributed by atoms with Gasteiger partial charge in [0.1, 0.15) is 11.5 Å². The molecule has 18 heavy (non-hydrogen) atoms. The third kappa shape index (κ3) is 2.11. The van der Waals surface area contributed by atoms with Gasteiger partial charge in [0, 0.05) is 11.8 Å². The normalized spacial score (nSPS) is 19.3. The molecule has 0 spiro atoms. The van der Waals surface area contributed by atoms with Gasteiger partial charge in [-0.3, -0.25) is 4.79 Å². The lowest BCUT2D eigenvalue weighted by Crippen LogP contribution is -2.29. The van der Waals surface area contributed by atoms with Crippen molar-refractivity contribution >= 4 is 17.3 Å². The molecule has 1 aromatic rings. The minimum Gasteiger partial charge on any atom is -0.330 e. The fraction of sp³-hybridized carbons (Fsp3) is 0.333. The summed E-state index contributed by atoms with van der Waals surface area (Å²) in [5.41, 5.74) is 5.97. The number of hydrazone groups is 1. The zero-order valence-electron chi connectivity index (χ0n) is 9.86. The first-order valence-electron chi connectivity index (χ1n) is 5.58. The van der Waals surface area contributed by atoms with Crippen molar-refractivity contribution in [1.29, 1.82) is 0 Å². The van der Waals surface area contributed by atoms with Crippen molar-refractivity contribution < 1.29 is 13.6 Å². The summed E-state index contributed by atoms with van der Waals surface area (Å²) in [6.45, 7) is 2.04. The molecule has 1 heterocycles. The Kier molecular flexibility index (Phi) is 3.38. The van der Waals surface area contributed by atoms with E-state index in [0.29, 0.717) is 18.7 Å². The van der Waals surface area contributed by atoms with Gasteiger partial charge in [-0.1, -0.05) is 0 Å². The maximum absolute atomic E-state index is 13.6. The second kappa shape index (κ2) is 4.81. The van der Waals surface area contributed by atoms with Gasteiger partial charge in [-0.15, -0.1) is 0 Å². The SMILES string of the molecule is CC1=NN(c2ccc(F)cc2F)C(=O)C1CCN. The standard InChI is InChI=1S/C12H13F2N3O/c1-7-9(4-5-15)12(18)17(16-7)11-3-2-8(13)6-10(11)14/h2-3,6,9H,4-5,15H2,1H3. The van der Waals surface area contributed by atoms with Gasteiger partial charge < -0.3 is 5.73 Å². The Balaban J connectivity index is 2.33. The number of hydrogen-bond acceptors (Lipinski definition) is 3. The summed E-state index contributed by atoms with van der Waals surface area (Å²) >= 11 is 0. The van der Waals surface area contributed by atoms with E-state index in [0.717, 1.165) is 17.1 Å². The van der Waals surface area contributed by atoms with Crippen molar-refractivity contribution in [2.24, 2.45) is 16.8 Å². The van der Waals surface area contributed by atoms with E-state index in [1.54, 1.807) is 6.92 Å². The molecule has 1 unspecified atom stereocenters. The molecule has 2 N–H and O–H groups in total. The van der Waals surface area contributed by atoms with Crippen molar-refractivity contribution in [1.82, 2.24) is 0 Å². The van der Waals surface area contributed by atoms with Gasteiger partial charge in [0.2, 0.25) is 0 Å². The summed E-state index contributed by atoms with van der Waals surface area (Å²) in [7, 11) is 0. The van der Waals surface area contributed by atoms with E-state index in [1.165, 1.54) is 6.07 Å². The predicted molar refractivity (Wildman–Crippen MR) is 64.1 cm³/mol. The molecular formula is C12H13F2N3O. The van der Waals surface area contributed by atoms with Crippen LogP contribution in [0.25, 0.3) is 0 Å². The Morgan fingerprint density at radius 1 is 1.44 bits per heavy atom. The minimum absolute atomic E-state index is 0.0414. The first kappa shape index (κ1) is 12.6. The Labute approximate surface area is 103 Å². The molecule has 0 saturated carbocycles. The van der Waals surface area contributed by atoms with E-state index in [1.807, 2.05) is 0 Å². The van der Waals surface area contributed by atoms with E-state index >= 15 is 0 Å². The molecule has 1 aliphatic heterocycles. The lowest BCUT2D eigenvalue weighted by Gasteiger charge is -2.14. The molecule has 1 atom stereocenters. The smallest absolute Gasteiger partial charge is 0.256 e. The highest BCUT2D eigenvalue weighted by molar-refractivity contribution is 6.14. The van der Waals surface area contributed by atoms with E-state index in [9.17, 15) is 13.6 Å². The highest BCUT2D eigenvalue weighted by Crippen LogP contribution is 2.27. The second-order valence-corrected chi connectivity index (χ2v) is 4.12. The van der Waals surface area contributed by atoms with Crippen LogP contribution in [0.1, 0.15) is 13.3 Å². The number of carbonyl (C=O) groups excluding carboxylic acids is 1. The summed E-state index contributed by atoms with van der Waals surface area (Å²) in [4.78, 5) is 12.0. The summed E-state index contributed by atoms with van der Waals surface area (Å²) in [5, 5.41) is 4.99. The number of amides is 1. The first-order valence-corrected chi connectivity index (χ1v) is 5.58. The molecule has 4 nitrogen and oxygen atoms in total. The van der Waals surface area contributed by atoms with Crippen LogP contribution in [0.15, 0.2) is 23.3 Å². The van der Waals surface area contributed by atoms with Crippen molar-refractivity contribution in [3.05, 3.63) is 29.8 Å². The lowest BCUT2D eigenvalue weighted by atomic mass is 10.0. The number of carbonyl (C=O) groups is 1. The van der Waals surface area contributed by atoms with Gasteiger partial charge in [-0.2, -0.15) is 10.1 Å². The summed E-state index contributed by atoms with van der Waals surface area (Å²) in [6, 6.07) is 3.01. The van der Waals surface area contributed by atoms with E-state index in [-0.39, 0.29) is 11.6 Å². The number of halogens is 2. The molecule has 1 aromatic carbocycles. The van der Waals surface area contributed by atoms with Crippen molar-refractivity contribution in [3.63, 3.8) is 0 Å². The molecule has 0 aliphatic carbocycles. The van der Waals surface area contributed by atoms with Gasteiger partial charge >= 0.3 is 0 Å². The first-order chi connectivity index (χ1) is 8.54. The van der Waals surface area contributed by atoms with Crippen LogP contribution in [0.2, 0.25) is 0 Å². The van der Waals surface area contributed by atoms with Crippen LogP contribution in [-0.2, 0) is 4.79 Å². The zero-order valence-corrected chi connectivity index (χ0v) is 9.86. The second-order valence-electron chi connectivity index (χ2n) is 4.12. The highest BCUT2D eigenvalue weighted by atomic mass is 19.1. The Hall–Kier alpha value is -1.82. The number of hydrogen-bond donors (Lipinski definition) is 1. The predicted octanol–water partition coefficient (Wildman–Crippen LogP) is 1.65. The number of rotatable bonds is 3. The topological polar surface area (TPSA) is 58.7 Å². The van der Waals surface area contributed by atoms with Gasteiger partial charge in [0.25, 0.3) is 5.91 Å². The van der Waals surface area contributed by atoms with Crippen LogP contribution >= 0.6 is 0 Å². The third-order valence-corrected chi connectivity index (χ3v) is 2.86. The van der Waals surface area contributed by atoms with Gasteiger partial charge in [0.05, 0.1) is 5.92 Å². The molecule has 96 valence electrons. The van der Waals surface area contributed by atoms with Crippen LogP contribution in [0.5, 0.6) is 0 Å².